The molecular formula is C17H24N4. The summed E-state index contributed by atoms with van der Waals surface area (Å²) in [4.78, 5) is 8.99. The Labute approximate surface area is 127 Å². The molecule has 1 unspecified atom stereocenters. The van der Waals surface area contributed by atoms with Crippen molar-refractivity contribution in [1.82, 2.24) is 9.97 Å². The van der Waals surface area contributed by atoms with Crippen LogP contribution in [0.2, 0.25) is 0 Å². The van der Waals surface area contributed by atoms with Crippen LogP contribution >= 0.6 is 0 Å². The Balaban J connectivity index is 2.21. The van der Waals surface area contributed by atoms with Crippen molar-refractivity contribution in [1.29, 1.82) is 0 Å². The largest absolute Gasteiger partial charge is 0.367 e. The van der Waals surface area contributed by atoms with Crippen LogP contribution in [0.25, 0.3) is 0 Å². The number of nitrogens with one attached hydrogen (secondary N) is 2. The zero-order chi connectivity index (χ0) is 15.4. The fraction of sp³-hybridized carbons (Fsp3) is 0.412. The van der Waals surface area contributed by atoms with E-state index in [1.54, 1.807) is 0 Å². The lowest BCUT2D eigenvalue weighted by atomic mass is 10.1. The van der Waals surface area contributed by atoms with E-state index in [1.807, 2.05) is 13.0 Å². The topological polar surface area (TPSA) is 49.8 Å². The Morgan fingerprint density at radius 2 is 1.81 bits per heavy atom. The highest BCUT2D eigenvalue weighted by Gasteiger charge is 2.06. The lowest BCUT2D eigenvalue weighted by molar-refractivity contribution is 0.758. The maximum Gasteiger partial charge on any atom is 0.229 e. The van der Waals surface area contributed by atoms with Gasteiger partial charge in [0.25, 0.3) is 0 Å². The molecule has 0 saturated carbocycles. The van der Waals surface area contributed by atoms with Crippen LogP contribution in [0, 0.1) is 20.8 Å². The van der Waals surface area contributed by atoms with Crippen molar-refractivity contribution >= 4 is 17.5 Å². The Morgan fingerprint density at radius 1 is 1.05 bits per heavy atom. The second-order valence-electron chi connectivity index (χ2n) is 5.60. The fourth-order valence-electron chi connectivity index (χ4n) is 2.00. The van der Waals surface area contributed by atoms with E-state index in [1.165, 1.54) is 11.1 Å². The minimum atomic E-state index is 0.397. The van der Waals surface area contributed by atoms with Crippen molar-refractivity contribution in [3.63, 3.8) is 0 Å². The monoisotopic (exact) mass is 284 g/mol. The van der Waals surface area contributed by atoms with Crippen LogP contribution in [0.4, 0.5) is 17.5 Å². The van der Waals surface area contributed by atoms with Gasteiger partial charge < -0.3 is 10.6 Å². The number of hydrogen-bond donors (Lipinski definition) is 2. The molecule has 4 heteroatoms. The van der Waals surface area contributed by atoms with E-state index in [4.69, 9.17) is 0 Å². The van der Waals surface area contributed by atoms with E-state index >= 15 is 0 Å². The second-order valence-corrected chi connectivity index (χ2v) is 5.60. The minimum absolute atomic E-state index is 0.397. The summed E-state index contributed by atoms with van der Waals surface area (Å²) in [5, 5.41) is 6.67. The molecule has 2 aromatic rings. The van der Waals surface area contributed by atoms with Gasteiger partial charge >= 0.3 is 0 Å². The van der Waals surface area contributed by atoms with Crippen LogP contribution in [0.3, 0.4) is 0 Å². The number of hydrogen-bond acceptors (Lipinski definition) is 4. The summed E-state index contributed by atoms with van der Waals surface area (Å²) in [6.45, 7) is 10.5. The fourth-order valence-corrected chi connectivity index (χ4v) is 2.00. The summed E-state index contributed by atoms with van der Waals surface area (Å²) in [5.74, 6) is 1.49. The van der Waals surface area contributed by atoms with Gasteiger partial charge in [0.15, 0.2) is 0 Å². The summed E-state index contributed by atoms with van der Waals surface area (Å²) < 4.78 is 0. The van der Waals surface area contributed by atoms with Crippen molar-refractivity contribution in [2.75, 3.05) is 10.6 Å². The third-order valence-electron chi connectivity index (χ3n) is 3.62. The SMILES string of the molecule is CCC(C)Nc1cc(C)nc(Nc2ccc(C)c(C)c2)n1. The van der Waals surface area contributed by atoms with Crippen LogP contribution in [0.15, 0.2) is 24.3 Å². The van der Waals surface area contributed by atoms with Gasteiger partial charge in [0.2, 0.25) is 5.95 Å². The summed E-state index contributed by atoms with van der Waals surface area (Å²) in [6.07, 6.45) is 1.06. The summed E-state index contributed by atoms with van der Waals surface area (Å²) in [6, 6.07) is 8.64. The van der Waals surface area contributed by atoms with Crippen molar-refractivity contribution in [2.45, 2.75) is 47.1 Å². The molecule has 0 amide bonds. The number of anilines is 3. The van der Waals surface area contributed by atoms with E-state index in [-0.39, 0.29) is 0 Å². The molecule has 1 aromatic carbocycles. The molecule has 0 aliphatic heterocycles. The Hall–Kier alpha value is -2.10. The molecule has 1 aromatic heterocycles. The molecule has 1 heterocycles. The van der Waals surface area contributed by atoms with Gasteiger partial charge in [0, 0.05) is 23.5 Å². The van der Waals surface area contributed by atoms with Crippen molar-refractivity contribution in [3.05, 3.63) is 41.1 Å². The molecule has 4 nitrogen and oxygen atoms in total. The summed E-state index contributed by atoms with van der Waals surface area (Å²) >= 11 is 0. The molecule has 1 atom stereocenters. The average Bonchev–Trinajstić information content (AvgIpc) is 2.42. The van der Waals surface area contributed by atoms with Gasteiger partial charge in [-0.3, -0.25) is 0 Å². The first kappa shape index (κ1) is 15.3. The quantitative estimate of drug-likeness (QED) is 0.856. The first-order valence-electron chi connectivity index (χ1n) is 7.44. The number of rotatable bonds is 5. The van der Waals surface area contributed by atoms with Crippen LogP contribution < -0.4 is 10.6 Å². The maximum absolute atomic E-state index is 4.54. The summed E-state index contributed by atoms with van der Waals surface area (Å²) in [7, 11) is 0. The Morgan fingerprint density at radius 3 is 2.48 bits per heavy atom. The molecule has 2 rings (SSSR count). The average molecular weight is 284 g/mol. The van der Waals surface area contributed by atoms with Crippen molar-refractivity contribution < 1.29 is 0 Å². The van der Waals surface area contributed by atoms with Gasteiger partial charge in [-0.05, 0) is 57.4 Å². The van der Waals surface area contributed by atoms with Crippen LogP contribution in [0.1, 0.15) is 37.1 Å². The molecule has 21 heavy (non-hydrogen) atoms. The number of aromatic nitrogens is 2. The highest BCUT2D eigenvalue weighted by molar-refractivity contribution is 5.57. The van der Waals surface area contributed by atoms with Gasteiger partial charge in [0.1, 0.15) is 5.82 Å². The number of aryl methyl sites for hydroxylation is 3. The first-order chi connectivity index (χ1) is 9.97. The molecule has 0 radical (unpaired) electrons. The standard InChI is InChI=1S/C17H24N4/c1-6-13(4)18-16-10-14(5)19-17(21-16)20-15-8-7-11(2)12(3)9-15/h7-10,13H,6H2,1-5H3,(H2,18,19,20,21). The molecule has 0 saturated heterocycles. The minimum Gasteiger partial charge on any atom is -0.367 e. The highest BCUT2D eigenvalue weighted by atomic mass is 15.1. The van der Waals surface area contributed by atoms with E-state index < -0.39 is 0 Å². The van der Waals surface area contributed by atoms with Crippen molar-refractivity contribution in [3.8, 4) is 0 Å². The van der Waals surface area contributed by atoms with Gasteiger partial charge in [-0.15, -0.1) is 0 Å². The maximum atomic E-state index is 4.54. The first-order valence-corrected chi connectivity index (χ1v) is 7.44. The molecule has 0 aliphatic rings. The molecule has 0 bridgehead atoms. The Kier molecular flexibility index (Phi) is 4.78. The van der Waals surface area contributed by atoms with Gasteiger partial charge in [-0.2, -0.15) is 4.98 Å². The highest BCUT2D eigenvalue weighted by Crippen LogP contribution is 2.19. The third-order valence-corrected chi connectivity index (χ3v) is 3.62. The second kappa shape index (κ2) is 6.57. The van der Waals surface area contributed by atoms with E-state index in [9.17, 15) is 0 Å². The molecule has 0 aliphatic carbocycles. The molecule has 0 fully saturated rings. The molecule has 2 N–H and O–H groups in total. The van der Waals surface area contributed by atoms with E-state index in [2.05, 4.69) is 66.5 Å². The lowest BCUT2D eigenvalue weighted by Crippen LogP contribution is -2.15. The van der Waals surface area contributed by atoms with Crippen LogP contribution in [-0.4, -0.2) is 16.0 Å². The van der Waals surface area contributed by atoms with Gasteiger partial charge in [0.05, 0.1) is 0 Å². The summed E-state index contributed by atoms with van der Waals surface area (Å²) in [5.41, 5.74) is 4.50. The van der Waals surface area contributed by atoms with Crippen LogP contribution in [0.5, 0.6) is 0 Å². The van der Waals surface area contributed by atoms with Crippen LogP contribution in [-0.2, 0) is 0 Å². The zero-order valence-corrected chi connectivity index (χ0v) is 13.5. The van der Waals surface area contributed by atoms with E-state index in [0.717, 1.165) is 23.6 Å². The third kappa shape index (κ3) is 4.18. The smallest absolute Gasteiger partial charge is 0.229 e. The van der Waals surface area contributed by atoms with Gasteiger partial charge in [-0.25, -0.2) is 4.98 Å². The molecular weight excluding hydrogens is 260 g/mol. The molecule has 0 spiro atoms. The molecule has 112 valence electrons. The number of benzene rings is 1. The van der Waals surface area contributed by atoms with E-state index in [0.29, 0.717) is 12.0 Å². The van der Waals surface area contributed by atoms with Gasteiger partial charge in [-0.1, -0.05) is 13.0 Å². The predicted octanol–water partition coefficient (Wildman–Crippen LogP) is 4.36. The Bertz CT molecular complexity index is 622. The predicted molar refractivity (Wildman–Crippen MR) is 89.3 cm³/mol. The number of nitrogens with zero attached hydrogens (tertiary/aromatic N) is 2. The normalized spacial score (nSPS) is 12.0. The lowest BCUT2D eigenvalue weighted by Gasteiger charge is -2.14. The zero-order valence-electron chi connectivity index (χ0n) is 13.5. The van der Waals surface area contributed by atoms with Crippen molar-refractivity contribution in [2.24, 2.45) is 0 Å².